The third-order valence-electron chi connectivity index (χ3n) is 3.32. The Labute approximate surface area is 128 Å². The molecule has 20 heavy (non-hydrogen) atoms. The van der Waals surface area contributed by atoms with Crippen molar-refractivity contribution < 1.29 is 0 Å². The van der Waals surface area contributed by atoms with Crippen molar-refractivity contribution in [3.8, 4) is 10.6 Å². The summed E-state index contributed by atoms with van der Waals surface area (Å²) in [6.07, 6.45) is 2.56. The highest BCUT2D eigenvalue weighted by Crippen LogP contribution is 2.47. The van der Waals surface area contributed by atoms with Crippen molar-refractivity contribution in [3.05, 3.63) is 16.1 Å². The van der Waals surface area contributed by atoms with Crippen molar-refractivity contribution in [1.82, 2.24) is 9.97 Å². The van der Waals surface area contributed by atoms with Crippen LogP contribution in [0.1, 0.15) is 57.2 Å². The number of nitrogens with one attached hydrogen (secondary N) is 1. The lowest BCUT2D eigenvalue weighted by Crippen LogP contribution is -2.10. The van der Waals surface area contributed by atoms with Gasteiger partial charge in [0.05, 0.1) is 21.3 Å². The second-order valence-corrected chi connectivity index (χ2v) is 8.18. The second-order valence-electron chi connectivity index (χ2n) is 6.33. The second kappa shape index (κ2) is 5.11. The lowest BCUT2D eigenvalue weighted by Gasteiger charge is -2.13. The Morgan fingerprint density at radius 1 is 1.30 bits per heavy atom. The first-order valence-corrected chi connectivity index (χ1v) is 8.89. The van der Waals surface area contributed by atoms with Gasteiger partial charge in [-0.2, -0.15) is 0 Å². The fraction of sp³-hybridized carbons (Fsp3) is 0.600. The highest BCUT2D eigenvalue weighted by atomic mass is 32.1. The quantitative estimate of drug-likeness (QED) is 0.875. The molecule has 1 aliphatic carbocycles. The van der Waals surface area contributed by atoms with Crippen LogP contribution in [0, 0.1) is 0 Å². The maximum atomic E-state index is 4.94. The number of hydrogen-bond donors (Lipinski definition) is 1. The van der Waals surface area contributed by atoms with Crippen molar-refractivity contribution >= 4 is 27.8 Å². The van der Waals surface area contributed by atoms with Gasteiger partial charge < -0.3 is 5.32 Å². The molecule has 0 bridgehead atoms. The number of thiazole rings is 2. The third-order valence-corrected chi connectivity index (χ3v) is 5.64. The van der Waals surface area contributed by atoms with Crippen molar-refractivity contribution in [2.75, 3.05) is 11.9 Å². The van der Waals surface area contributed by atoms with Crippen LogP contribution in [0.4, 0.5) is 5.13 Å². The molecule has 0 saturated heterocycles. The smallest absolute Gasteiger partial charge is 0.183 e. The van der Waals surface area contributed by atoms with Crippen LogP contribution in [-0.4, -0.2) is 16.5 Å². The maximum Gasteiger partial charge on any atom is 0.183 e. The van der Waals surface area contributed by atoms with Gasteiger partial charge in [0, 0.05) is 23.3 Å². The number of rotatable bonds is 4. The molecule has 0 unspecified atom stereocenters. The molecule has 108 valence electrons. The van der Waals surface area contributed by atoms with Crippen LogP contribution < -0.4 is 5.32 Å². The summed E-state index contributed by atoms with van der Waals surface area (Å²) in [6, 6.07) is 0. The predicted octanol–water partition coefficient (Wildman–Crippen LogP) is 4.87. The largest absolute Gasteiger partial charge is 0.362 e. The summed E-state index contributed by atoms with van der Waals surface area (Å²) in [7, 11) is 0. The number of nitrogens with zero attached hydrogens (tertiary/aromatic N) is 2. The van der Waals surface area contributed by atoms with Gasteiger partial charge in [-0.3, -0.25) is 0 Å². The Balaban J connectivity index is 2.00. The fourth-order valence-corrected chi connectivity index (χ4v) is 4.10. The Hall–Kier alpha value is -0.940. The molecule has 0 spiro atoms. The Morgan fingerprint density at radius 3 is 2.65 bits per heavy atom. The Bertz CT molecular complexity index is 603. The number of hydrogen-bond acceptors (Lipinski definition) is 5. The standard InChI is InChI=1S/C15H21N3S2/c1-5-16-14-17-10(8-19-14)12-11(9-6-7-9)18-13(20-12)15(2,3)4/h8-9H,5-7H2,1-4H3,(H,16,17). The van der Waals surface area contributed by atoms with E-state index in [2.05, 4.69) is 38.4 Å². The molecule has 0 atom stereocenters. The lowest BCUT2D eigenvalue weighted by atomic mass is 9.98. The number of aromatic nitrogens is 2. The van der Waals surface area contributed by atoms with Gasteiger partial charge in [0.2, 0.25) is 0 Å². The van der Waals surface area contributed by atoms with E-state index < -0.39 is 0 Å². The molecule has 1 aliphatic rings. The number of anilines is 1. The van der Waals surface area contributed by atoms with E-state index in [1.807, 2.05) is 11.3 Å². The molecule has 5 heteroatoms. The highest BCUT2D eigenvalue weighted by Gasteiger charge is 2.32. The first-order chi connectivity index (χ1) is 9.49. The van der Waals surface area contributed by atoms with E-state index in [1.165, 1.54) is 28.4 Å². The molecule has 3 nitrogen and oxygen atoms in total. The van der Waals surface area contributed by atoms with Crippen molar-refractivity contribution in [1.29, 1.82) is 0 Å². The molecule has 0 aliphatic heterocycles. The predicted molar refractivity (Wildman–Crippen MR) is 88.1 cm³/mol. The minimum absolute atomic E-state index is 0.118. The zero-order chi connectivity index (χ0) is 14.3. The van der Waals surface area contributed by atoms with Crippen LogP contribution >= 0.6 is 22.7 Å². The minimum Gasteiger partial charge on any atom is -0.362 e. The minimum atomic E-state index is 0.118. The van der Waals surface area contributed by atoms with Gasteiger partial charge in [-0.05, 0) is 19.8 Å². The molecule has 2 aromatic rings. The monoisotopic (exact) mass is 307 g/mol. The first kappa shape index (κ1) is 14.0. The summed E-state index contributed by atoms with van der Waals surface area (Å²) in [5, 5.41) is 7.69. The van der Waals surface area contributed by atoms with Crippen molar-refractivity contribution in [2.45, 2.75) is 51.9 Å². The normalized spacial score (nSPS) is 15.6. The van der Waals surface area contributed by atoms with Gasteiger partial charge in [-0.1, -0.05) is 20.8 Å². The van der Waals surface area contributed by atoms with E-state index in [0.29, 0.717) is 5.92 Å². The van der Waals surface area contributed by atoms with Gasteiger partial charge in [0.15, 0.2) is 5.13 Å². The molecule has 2 aromatic heterocycles. The summed E-state index contributed by atoms with van der Waals surface area (Å²) < 4.78 is 0. The van der Waals surface area contributed by atoms with Crippen molar-refractivity contribution in [2.24, 2.45) is 0 Å². The molecule has 0 radical (unpaired) electrons. The van der Waals surface area contributed by atoms with Crippen LogP contribution in [0.5, 0.6) is 0 Å². The van der Waals surface area contributed by atoms with E-state index in [9.17, 15) is 0 Å². The van der Waals surface area contributed by atoms with Crippen LogP contribution in [0.3, 0.4) is 0 Å². The summed E-state index contributed by atoms with van der Waals surface area (Å²) in [6.45, 7) is 9.71. The van der Waals surface area contributed by atoms with Crippen LogP contribution in [0.2, 0.25) is 0 Å². The van der Waals surface area contributed by atoms with Crippen molar-refractivity contribution in [3.63, 3.8) is 0 Å². The summed E-state index contributed by atoms with van der Waals surface area (Å²) >= 11 is 3.51. The molecule has 0 aromatic carbocycles. The van der Waals surface area contributed by atoms with Gasteiger partial charge in [-0.15, -0.1) is 22.7 Å². The molecule has 3 rings (SSSR count). The topological polar surface area (TPSA) is 37.8 Å². The molecule has 2 heterocycles. The maximum absolute atomic E-state index is 4.94. The van der Waals surface area contributed by atoms with Gasteiger partial charge in [0.25, 0.3) is 0 Å². The van der Waals surface area contributed by atoms with E-state index in [0.717, 1.165) is 17.4 Å². The van der Waals surface area contributed by atoms with Crippen LogP contribution in [0.15, 0.2) is 5.38 Å². The Morgan fingerprint density at radius 2 is 2.05 bits per heavy atom. The third kappa shape index (κ3) is 2.74. The molecule has 1 saturated carbocycles. The van der Waals surface area contributed by atoms with Crippen LogP contribution in [-0.2, 0) is 5.41 Å². The van der Waals surface area contributed by atoms with E-state index in [-0.39, 0.29) is 5.41 Å². The van der Waals surface area contributed by atoms with E-state index in [4.69, 9.17) is 9.97 Å². The van der Waals surface area contributed by atoms with Gasteiger partial charge in [0.1, 0.15) is 0 Å². The molecular weight excluding hydrogens is 286 g/mol. The zero-order valence-electron chi connectivity index (χ0n) is 12.5. The molecule has 1 fully saturated rings. The fourth-order valence-electron chi connectivity index (χ4n) is 2.08. The van der Waals surface area contributed by atoms with Crippen LogP contribution in [0.25, 0.3) is 10.6 Å². The van der Waals surface area contributed by atoms with E-state index in [1.54, 1.807) is 11.3 Å². The molecular formula is C15H21N3S2. The average molecular weight is 307 g/mol. The molecule has 1 N–H and O–H groups in total. The SMILES string of the molecule is CCNc1nc(-c2sc(C(C)(C)C)nc2C2CC2)cs1. The zero-order valence-corrected chi connectivity index (χ0v) is 14.1. The van der Waals surface area contributed by atoms with Gasteiger partial charge in [-0.25, -0.2) is 9.97 Å². The summed E-state index contributed by atoms with van der Waals surface area (Å²) in [5.74, 6) is 0.668. The van der Waals surface area contributed by atoms with Gasteiger partial charge >= 0.3 is 0 Å². The first-order valence-electron chi connectivity index (χ1n) is 7.20. The Kier molecular flexibility index (Phi) is 3.58. The summed E-state index contributed by atoms with van der Waals surface area (Å²) in [4.78, 5) is 10.9. The highest BCUT2D eigenvalue weighted by molar-refractivity contribution is 7.17. The summed E-state index contributed by atoms with van der Waals surface area (Å²) in [5.41, 5.74) is 2.50. The lowest BCUT2D eigenvalue weighted by molar-refractivity contribution is 0.583. The average Bonchev–Trinajstić information content (AvgIpc) is 2.94. The molecule has 0 amide bonds. The van der Waals surface area contributed by atoms with E-state index >= 15 is 0 Å².